The molecule has 3 nitrogen and oxygen atoms in total. The number of Topliss-reactive ketones (excluding diaryl/α,β-unsaturated/α-hetero) is 1. The topological polar surface area (TPSA) is 39.1 Å². The third-order valence-corrected chi connectivity index (χ3v) is 2.73. The second-order valence-electron chi connectivity index (χ2n) is 3.77. The van der Waals surface area contributed by atoms with Gasteiger partial charge in [-0.25, -0.2) is 0 Å². The summed E-state index contributed by atoms with van der Waals surface area (Å²) in [4.78, 5) is 21.9. The zero-order valence-corrected chi connectivity index (χ0v) is 9.59. The molecule has 0 aliphatic rings. The molecule has 0 saturated carbocycles. The summed E-state index contributed by atoms with van der Waals surface area (Å²) < 4.78 is 1.72. The Labute approximate surface area is 99.7 Å². The second kappa shape index (κ2) is 4.78. The Bertz CT molecular complexity index is 538. The van der Waals surface area contributed by atoms with Crippen molar-refractivity contribution in [2.45, 2.75) is 13.3 Å². The number of nitrogens with zero attached hydrogens (tertiary/aromatic N) is 1. The lowest BCUT2D eigenvalue weighted by Gasteiger charge is -2.07. The van der Waals surface area contributed by atoms with E-state index in [-0.39, 0.29) is 0 Å². The van der Waals surface area contributed by atoms with Gasteiger partial charge in [-0.3, -0.25) is 9.59 Å². The van der Waals surface area contributed by atoms with Gasteiger partial charge in [-0.15, -0.1) is 0 Å². The van der Waals surface area contributed by atoms with Crippen LogP contribution in [0.2, 0.25) is 0 Å². The van der Waals surface area contributed by atoms with E-state index < -0.39 is 5.78 Å². The Hall–Kier alpha value is -2.16. The van der Waals surface area contributed by atoms with Gasteiger partial charge in [0.1, 0.15) is 0 Å². The highest BCUT2D eigenvalue weighted by atomic mass is 16.2. The molecule has 0 unspecified atom stereocenters. The van der Waals surface area contributed by atoms with Gasteiger partial charge in [-0.05, 0) is 36.2 Å². The molecule has 3 heteroatoms. The van der Waals surface area contributed by atoms with Crippen LogP contribution in [0.25, 0.3) is 5.69 Å². The second-order valence-corrected chi connectivity index (χ2v) is 3.77. The number of ketones is 1. The first-order chi connectivity index (χ1) is 8.26. The lowest BCUT2D eigenvalue weighted by Crippen LogP contribution is -2.07. The van der Waals surface area contributed by atoms with E-state index in [2.05, 4.69) is 6.92 Å². The number of carbonyl (C=O) groups excluding carboxylic acids is 2. The van der Waals surface area contributed by atoms with Gasteiger partial charge in [-0.2, -0.15) is 0 Å². The van der Waals surface area contributed by atoms with Gasteiger partial charge in [0.15, 0.2) is 6.29 Å². The van der Waals surface area contributed by atoms with Crippen LogP contribution >= 0.6 is 0 Å². The third-order valence-electron chi connectivity index (χ3n) is 2.73. The molecule has 17 heavy (non-hydrogen) atoms. The Morgan fingerprint density at radius 3 is 2.53 bits per heavy atom. The van der Waals surface area contributed by atoms with Crippen molar-refractivity contribution < 1.29 is 9.59 Å². The van der Waals surface area contributed by atoms with E-state index in [1.54, 1.807) is 22.9 Å². The van der Waals surface area contributed by atoms with Crippen molar-refractivity contribution in [3.8, 4) is 5.69 Å². The van der Waals surface area contributed by atoms with Crippen LogP contribution in [0.15, 0.2) is 42.6 Å². The average molecular weight is 227 g/mol. The highest BCUT2D eigenvalue weighted by molar-refractivity contribution is 6.32. The number of carbonyl (C=O) groups is 2. The molecule has 0 fully saturated rings. The van der Waals surface area contributed by atoms with Crippen LogP contribution in [0.4, 0.5) is 0 Å². The fourth-order valence-electron chi connectivity index (χ4n) is 1.76. The normalized spacial score (nSPS) is 10.2. The molecule has 0 aliphatic heterocycles. The number of hydrogen-bond acceptors (Lipinski definition) is 2. The molecular weight excluding hydrogens is 214 g/mol. The van der Waals surface area contributed by atoms with Crippen molar-refractivity contribution in [1.82, 2.24) is 4.57 Å². The number of rotatable bonds is 4. The van der Waals surface area contributed by atoms with Crippen LogP contribution in [-0.4, -0.2) is 16.6 Å². The zero-order valence-electron chi connectivity index (χ0n) is 9.59. The van der Waals surface area contributed by atoms with Crippen molar-refractivity contribution in [3.05, 3.63) is 53.9 Å². The van der Waals surface area contributed by atoms with Gasteiger partial charge < -0.3 is 4.57 Å². The predicted molar refractivity (Wildman–Crippen MR) is 65.5 cm³/mol. The number of aryl methyl sites for hydroxylation is 1. The van der Waals surface area contributed by atoms with Gasteiger partial charge >= 0.3 is 0 Å². The molecule has 2 rings (SSSR count). The number of aromatic nitrogens is 1. The monoisotopic (exact) mass is 227 g/mol. The number of hydrogen-bond donors (Lipinski definition) is 0. The van der Waals surface area contributed by atoms with Crippen molar-refractivity contribution in [1.29, 1.82) is 0 Å². The van der Waals surface area contributed by atoms with Gasteiger partial charge in [0.2, 0.25) is 5.78 Å². The molecule has 2 aromatic rings. The van der Waals surface area contributed by atoms with Gasteiger partial charge in [0.05, 0.1) is 5.69 Å². The maximum absolute atomic E-state index is 11.4. The third kappa shape index (κ3) is 2.18. The van der Waals surface area contributed by atoms with Crippen LogP contribution in [0.5, 0.6) is 0 Å². The smallest absolute Gasteiger partial charge is 0.242 e. The van der Waals surface area contributed by atoms with E-state index in [4.69, 9.17) is 0 Å². The molecule has 0 atom stereocenters. The summed E-state index contributed by atoms with van der Waals surface area (Å²) in [5.41, 5.74) is 2.52. The van der Waals surface area contributed by atoms with Gasteiger partial charge in [0, 0.05) is 11.9 Å². The Morgan fingerprint density at radius 2 is 1.94 bits per heavy atom. The lowest BCUT2D eigenvalue weighted by molar-refractivity contribution is -0.104. The molecule has 0 N–H and O–H groups in total. The first-order valence-corrected chi connectivity index (χ1v) is 5.52. The van der Waals surface area contributed by atoms with Gasteiger partial charge in [0.25, 0.3) is 0 Å². The minimum Gasteiger partial charge on any atom is -0.314 e. The van der Waals surface area contributed by atoms with Crippen LogP contribution in [-0.2, 0) is 11.2 Å². The van der Waals surface area contributed by atoms with E-state index in [0.29, 0.717) is 12.0 Å². The van der Waals surface area contributed by atoms with Crippen molar-refractivity contribution in [2.24, 2.45) is 0 Å². The molecule has 0 bridgehead atoms. The SMILES string of the molecule is CCc1ccc(-n2cccc2C(=O)C=O)cc1. The van der Waals surface area contributed by atoms with Crippen molar-refractivity contribution >= 4 is 12.1 Å². The van der Waals surface area contributed by atoms with Crippen LogP contribution < -0.4 is 0 Å². The maximum Gasteiger partial charge on any atom is 0.242 e. The number of benzene rings is 1. The molecule has 0 saturated heterocycles. The van der Waals surface area contributed by atoms with E-state index in [1.165, 1.54) is 5.56 Å². The minimum absolute atomic E-state index is 0.340. The van der Waals surface area contributed by atoms with Crippen LogP contribution in [0.1, 0.15) is 23.0 Å². The zero-order chi connectivity index (χ0) is 12.3. The minimum atomic E-state index is -0.505. The first-order valence-electron chi connectivity index (χ1n) is 5.52. The standard InChI is InChI=1S/C14H13NO2/c1-2-11-5-7-12(8-6-11)15-9-3-4-13(15)14(17)10-16/h3-10H,2H2,1H3. The van der Waals surface area contributed by atoms with E-state index in [0.717, 1.165) is 12.1 Å². The highest BCUT2D eigenvalue weighted by Gasteiger charge is 2.10. The Morgan fingerprint density at radius 1 is 1.24 bits per heavy atom. The highest BCUT2D eigenvalue weighted by Crippen LogP contribution is 2.14. The summed E-state index contributed by atoms with van der Waals surface area (Å²) in [6.07, 6.45) is 3.09. The summed E-state index contributed by atoms with van der Waals surface area (Å²) in [6.45, 7) is 2.09. The maximum atomic E-state index is 11.4. The molecule has 0 aliphatic carbocycles. The van der Waals surface area contributed by atoms with E-state index >= 15 is 0 Å². The fourth-order valence-corrected chi connectivity index (χ4v) is 1.76. The van der Waals surface area contributed by atoms with Crippen molar-refractivity contribution in [2.75, 3.05) is 0 Å². The van der Waals surface area contributed by atoms with Crippen LogP contribution in [0.3, 0.4) is 0 Å². The molecule has 1 aromatic carbocycles. The molecule has 0 spiro atoms. The summed E-state index contributed by atoms with van der Waals surface area (Å²) in [5, 5.41) is 0. The van der Waals surface area contributed by atoms with Gasteiger partial charge in [-0.1, -0.05) is 19.1 Å². The Kier molecular flexibility index (Phi) is 3.19. The predicted octanol–water partition coefficient (Wildman–Crippen LogP) is 2.42. The van der Waals surface area contributed by atoms with E-state index in [1.807, 2.05) is 24.3 Å². The number of aldehydes is 1. The van der Waals surface area contributed by atoms with Crippen LogP contribution in [0, 0.1) is 0 Å². The molecule has 1 heterocycles. The quantitative estimate of drug-likeness (QED) is 0.457. The summed E-state index contributed by atoms with van der Waals surface area (Å²) >= 11 is 0. The molecule has 0 radical (unpaired) electrons. The van der Waals surface area contributed by atoms with Crippen molar-refractivity contribution in [3.63, 3.8) is 0 Å². The Balaban J connectivity index is 2.42. The molecule has 86 valence electrons. The van der Waals surface area contributed by atoms with E-state index in [9.17, 15) is 9.59 Å². The summed E-state index contributed by atoms with van der Waals surface area (Å²) in [6, 6.07) is 11.3. The molecular formula is C14H13NO2. The largest absolute Gasteiger partial charge is 0.314 e. The molecule has 0 amide bonds. The summed E-state index contributed by atoms with van der Waals surface area (Å²) in [7, 11) is 0. The summed E-state index contributed by atoms with van der Waals surface area (Å²) in [5.74, 6) is -0.505. The fraction of sp³-hybridized carbons (Fsp3) is 0.143. The average Bonchev–Trinajstić information content (AvgIpc) is 2.87. The molecule has 1 aromatic heterocycles. The first kappa shape index (κ1) is 11.3. The lowest BCUT2D eigenvalue weighted by atomic mass is 10.1.